The molecule has 0 saturated carbocycles. The first-order valence-corrected chi connectivity index (χ1v) is 10.1. The minimum absolute atomic E-state index is 0.0114. The summed E-state index contributed by atoms with van der Waals surface area (Å²) >= 11 is 0. The molecular weight excluding hydrogens is 362 g/mol. The molecule has 0 spiro atoms. The van der Waals surface area contributed by atoms with Crippen LogP contribution < -0.4 is 10.2 Å². The second-order valence-electron chi connectivity index (χ2n) is 8.01. The van der Waals surface area contributed by atoms with Gasteiger partial charge in [0.15, 0.2) is 0 Å². The van der Waals surface area contributed by atoms with E-state index in [2.05, 4.69) is 10.3 Å². The van der Waals surface area contributed by atoms with Crippen molar-refractivity contribution in [3.05, 3.63) is 22.9 Å². The van der Waals surface area contributed by atoms with Gasteiger partial charge in [0.1, 0.15) is 11.4 Å². The van der Waals surface area contributed by atoms with E-state index in [-0.39, 0.29) is 23.4 Å². The Kier molecular flexibility index (Phi) is 5.50. The van der Waals surface area contributed by atoms with Crippen LogP contribution in [0.2, 0.25) is 0 Å². The van der Waals surface area contributed by atoms with Crippen molar-refractivity contribution in [2.45, 2.75) is 50.7 Å². The number of aromatic carboxylic acids is 1. The zero-order chi connectivity index (χ0) is 19.7. The minimum Gasteiger partial charge on any atom is -0.478 e. The van der Waals surface area contributed by atoms with Gasteiger partial charge in [0.2, 0.25) is 5.91 Å². The number of aliphatic hydroxyl groups excluding tert-OH is 1. The monoisotopic (exact) mass is 389 g/mol. The number of carbonyl (C=O) groups is 2. The molecular formula is C20H27N3O5. The van der Waals surface area contributed by atoms with Crippen LogP contribution in [0.4, 0.5) is 5.82 Å². The molecule has 0 aromatic carbocycles. The number of fused-ring (bicyclic) bond motifs is 1. The molecule has 3 N–H and O–H groups in total. The number of hydrogen-bond acceptors (Lipinski definition) is 6. The Balaban J connectivity index is 1.52. The summed E-state index contributed by atoms with van der Waals surface area (Å²) in [6.07, 6.45) is 3.92. The Hall–Kier alpha value is -2.19. The van der Waals surface area contributed by atoms with Crippen LogP contribution in [0.1, 0.15) is 47.3 Å². The second-order valence-corrected chi connectivity index (χ2v) is 8.01. The van der Waals surface area contributed by atoms with E-state index >= 15 is 0 Å². The quantitative estimate of drug-likeness (QED) is 0.697. The number of carboxylic acids is 1. The van der Waals surface area contributed by atoms with Gasteiger partial charge in [-0.2, -0.15) is 0 Å². The van der Waals surface area contributed by atoms with E-state index < -0.39 is 12.1 Å². The van der Waals surface area contributed by atoms with Gasteiger partial charge in [0.05, 0.1) is 6.10 Å². The number of nitrogens with zero attached hydrogens (tertiary/aromatic N) is 2. The lowest BCUT2D eigenvalue weighted by atomic mass is 9.97. The number of anilines is 1. The fourth-order valence-electron chi connectivity index (χ4n) is 4.49. The van der Waals surface area contributed by atoms with Gasteiger partial charge in [0, 0.05) is 44.0 Å². The Morgan fingerprint density at radius 2 is 2.00 bits per heavy atom. The van der Waals surface area contributed by atoms with Gasteiger partial charge in [-0.3, -0.25) is 4.79 Å². The standard InChI is InChI=1S/C20H27N3O5/c24-15-9-14(21-19(25)12-4-6-28-7-5-12)10-23(11-15)18-16(20(26)27)8-13-2-1-3-17(13)22-18/h8,12,14-15,24H,1-7,9-11H2,(H,21,25)(H,26,27)/t14-,15+/m0/s1. The lowest BCUT2D eigenvalue weighted by Crippen LogP contribution is -2.54. The molecule has 1 aromatic heterocycles. The highest BCUT2D eigenvalue weighted by Gasteiger charge is 2.33. The van der Waals surface area contributed by atoms with Crippen molar-refractivity contribution in [3.8, 4) is 0 Å². The van der Waals surface area contributed by atoms with Crippen molar-refractivity contribution in [1.82, 2.24) is 10.3 Å². The summed E-state index contributed by atoms with van der Waals surface area (Å²) in [5.74, 6) is -0.686. The molecule has 3 heterocycles. The van der Waals surface area contributed by atoms with Gasteiger partial charge >= 0.3 is 5.97 Å². The van der Waals surface area contributed by atoms with Crippen LogP contribution in [0.5, 0.6) is 0 Å². The van der Waals surface area contributed by atoms with Gasteiger partial charge in [-0.15, -0.1) is 0 Å². The first-order chi connectivity index (χ1) is 13.5. The maximum absolute atomic E-state index is 12.6. The van der Waals surface area contributed by atoms with Gasteiger partial charge in [-0.25, -0.2) is 9.78 Å². The number of ether oxygens (including phenoxy) is 1. The van der Waals surface area contributed by atoms with Crippen molar-refractivity contribution < 1.29 is 24.5 Å². The summed E-state index contributed by atoms with van der Waals surface area (Å²) in [5, 5.41) is 23.1. The largest absolute Gasteiger partial charge is 0.478 e. The number of aryl methyl sites for hydroxylation is 2. The highest BCUT2D eigenvalue weighted by atomic mass is 16.5. The van der Waals surface area contributed by atoms with Crippen LogP contribution in [-0.2, 0) is 22.4 Å². The number of β-amino-alcohol motifs (C(OH)–C–C–N with tert-alkyl or cyclic N) is 1. The third-order valence-corrected chi connectivity index (χ3v) is 5.93. The van der Waals surface area contributed by atoms with Gasteiger partial charge in [-0.1, -0.05) is 0 Å². The van der Waals surface area contributed by atoms with E-state index in [0.29, 0.717) is 51.4 Å². The summed E-state index contributed by atoms with van der Waals surface area (Å²) in [5.41, 5.74) is 2.12. The number of nitrogens with one attached hydrogen (secondary N) is 1. The molecule has 2 aliphatic heterocycles. The molecule has 1 aliphatic carbocycles. The average molecular weight is 389 g/mol. The molecule has 1 amide bonds. The number of rotatable bonds is 4. The molecule has 4 rings (SSSR count). The lowest BCUT2D eigenvalue weighted by molar-refractivity contribution is -0.128. The zero-order valence-electron chi connectivity index (χ0n) is 15.9. The minimum atomic E-state index is -1.01. The molecule has 28 heavy (non-hydrogen) atoms. The van der Waals surface area contributed by atoms with Crippen molar-refractivity contribution in [3.63, 3.8) is 0 Å². The van der Waals surface area contributed by atoms with Crippen LogP contribution >= 0.6 is 0 Å². The van der Waals surface area contributed by atoms with Gasteiger partial charge < -0.3 is 25.2 Å². The van der Waals surface area contributed by atoms with E-state index in [4.69, 9.17) is 4.74 Å². The van der Waals surface area contributed by atoms with E-state index in [1.165, 1.54) is 0 Å². The normalized spacial score (nSPS) is 25.4. The third kappa shape index (κ3) is 3.98. The predicted molar refractivity (Wildman–Crippen MR) is 102 cm³/mol. The Bertz CT molecular complexity index is 762. The summed E-state index contributed by atoms with van der Waals surface area (Å²) in [7, 11) is 0. The molecule has 2 saturated heterocycles. The number of pyridine rings is 1. The van der Waals surface area contributed by atoms with E-state index in [0.717, 1.165) is 30.5 Å². The lowest BCUT2D eigenvalue weighted by Gasteiger charge is -2.38. The van der Waals surface area contributed by atoms with Crippen molar-refractivity contribution in [2.75, 3.05) is 31.2 Å². The highest BCUT2D eigenvalue weighted by molar-refractivity contribution is 5.93. The zero-order valence-corrected chi connectivity index (χ0v) is 15.9. The SMILES string of the molecule is O=C(O)c1cc2c(nc1N1C[C@H](O)C[C@H](NC(=O)C3CCOCC3)C1)CCC2. The van der Waals surface area contributed by atoms with Gasteiger partial charge in [-0.05, 0) is 50.2 Å². The van der Waals surface area contributed by atoms with Crippen molar-refractivity contribution >= 4 is 17.7 Å². The van der Waals surface area contributed by atoms with Crippen molar-refractivity contribution in [1.29, 1.82) is 0 Å². The topological polar surface area (TPSA) is 112 Å². The summed E-state index contributed by atoms with van der Waals surface area (Å²) in [4.78, 5) is 30.8. The molecule has 2 atom stereocenters. The number of carbonyl (C=O) groups excluding carboxylic acids is 1. The highest BCUT2D eigenvalue weighted by Crippen LogP contribution is 2.29. The number of aliphatic hydroxyl groups is 1. The Labute approximate surface area is 163 Å². The molecule has 0 unspecified atom stereocenters. The van der Waals surface area contributed by atoms with E-state index in [9.17, 15) is 19.8 Å². The van der Waals surface area contributed by atoms with Gasteiger partial charge in [0.25, 0.3) is 0 Å². The number of aromatic nitrogens is 1. The van der Waals surface area contributed by atoms with Crippen LogP contribution in [-0.4, -0.2) is 65.5 Å². The fourth-order valence-corrected chi connectivity index (χ4v) is 4.49. The maximum Gasteiger partial charge on any atom is 0.339 e. The first kappa shape index (κ1) is 19.1. The van der Waals surface area contributed by atoms with E-state index in [1.54, 1.807) is 6.07 Å². The van der Waals surface area contributed by atoms with E-state index in [1.807, 2.05) is 4.90 Å². The molecule has 1 aromatic rings. The average Bonchev–Trinajstić information content (AvgIpc) is 3.14. The number of hydrogen-bond donors (Lipinski definition) is 3. The molecule has 3 aliphatic rings. The fraction of sp³-hybridized carbons (Fsp3) is 0.650. The first-order valence-electron chi connectivity index (χ1n) is 10.1. The predicted octanol–water partition coefficient (Wildman–Crippen LogP) is 0.751. The van der Waals surface area contributed by atoms with Crippen LogP contribution in [0, 0.1) is 5.92 Å². The molecule has 8 nitrogen and oxygen atoms in total. The Morgan fingerprint density at radius 1 is 1.21 bits per heavy atom. The van der Waals surface area contributed by atoms with Crippen LogP contribution in [0.15, 0.2) is 6.07 Å². The molecule has 152 valence electrons. The maximum atomic E-state index is 12.6. The second kappa shape index (κ2) is 8.05. The van der Waals surface area contributed by atoms with Crippen LogP contribution in [0.3, 0.4) is 0 Å². The third-order valence-electron chi connectivity index (χ3n) is 5.93. The molecule has 0 bridgehead atoms. The number of piperidine rings is 1. The molecule has 0 radical (unpaired) electrons. The Morgan fingerprint density at radius 3 is 2.75 bits per heavy atom. The smallest absolute Gasteiger partial charge is 0.339 e. The number of carboxylic acid groups (broad SMARTS) is 1. The summed E-state index contributed by atoms with van der Waals surface area (Å²) in [6, 6.07) is 1.49. The van der Waals surface area contributed by atoms with Crippen molar-refractivity contribution in [2.24, 2.45) is 5.92 Å². The number of amides is 1. The molecule has 2 fully saturated rings. The van der Waals surface area contributed by atoms with Crippen LogP contribution in [0.25, 0.3) is 0 Å². The summed E-state index contributed by atoms with van der Waals surface area (Å²) in [6.45, 7) is 1.95. The molecule has 8 heteroatoms. The summed E-state index contributed by atoms with van der Waals surface area (Å²) < 4.78 is 5.31.